The minimum Gasteiger partial charge on any atom is -0.348 e. The molecule has 0 heterocycles. The lowest BCUT2D eigenvalue weighted by Crippen LogP contribution is -2.38. The van der Waals surface area contributed by atoms with Gasteiger partial charge in [-0.1, -0.05) is 30.3 Å². The Morgan fingerprint density at radius 2 is 1.71 bits per heavy atom. The van der Waals surface area contributed by atoms with Crippen LogP contribution in [0.15, 0.2) is 30.3 Å². The molecular weight excluding hydrogens is 238 g/mol. The largest absolute Gasteiger partial charge is 0.348 e. The number of hydrogen-bond donors (Lipinski definition) is 1. The summed E-state index contributed by atoms with van der Waals surface area (Å²) in [5.41, 5.74) is 0.946. The molecule has 0 saturated carbocycles. The first kappa shape index (κ1) is 13.7. The molecule has 0 aliphatic rings. The Morgan fingerprint density at radius 3 is 2.18 bits per heavy atom. The Labute approximate surface area is 102 Å². The molecule has 5 heteroatoms. The normalized spacial score (nSPS) is 15.0. The van der Waals surface area contributed by atoms with E-state index < -0.39 is 21.0 Å². The molecule has 0 aliphatic carbocycles. The maximum atomic E-state index is 11.7. The van der Waals surface area contributed by atoms with Gasteiger partial charge in [-0.25, -0.2) is 8.42 Å². The van der Waals surface area contributed by atoms with E-state index in [0.29, 0.717) is 0 Å². The van der Waals surface area contributed by atoms with Crippen LogP contribution in [-0.4, -0.2) is 25.8 Å². The average molecular weight is 255 g/mol. The number of nitrogens with one attached hydrogen (secondary N) is 1. The SMILES string of the molecule is CC(NC(=O)C(C)S(C)(=O)=O)c1ccccc1. The lowest BCUT2D eigenvalue weighted by molar-refractivity contribution is -0.121. The standard InChI is InChI=1S/C12H17NO3S/c1-9(11-7-5-4-6-8-11)13-12(14)10(2)17(3,15)16/h4-10H,1-3H3,(H,13,14). The maximum absolute atomic E-state index is 11.7. The fourth-order valence-corrected chi connectivity index (χ4v) is 1.81. The molecule has 17 heavy (non-hydrogen) atoms. The lowest BCUT2D eigenvalue weighted by Gasteiger charge is -2.16. The van der Waals surface area contributed by atoms with Crippen molar-refractivity contribution in [3.05, 3.63) is 35.9 Å². The first-order valence-electron chi connectivity index (χ1n) is 5.36. The van der Waals surface area contributed by atoms with Crippen LogP contribution in [0.25, 0.3) is 0 Å². The smallest absolute Gasteiger partial charge is 0.238 e. The van der Waals surface area contributed by atoms with Gasteiger partial charge in [0.1, 0.15) is 5.25 Å². The monoisotopic (exact) mass is 255 g/mol. The maximum Gasteiger partial charge on any atom is 0.238 e. The Hall–Kier alpha value is -1.36. The summed E-state index contributed by atoms with van der Waals surface area (Å²) in [7, 11) is -3.34. The summed E-state index contributed by atoms with van der Waals surface area (Å²) in [6.07, 6.45) is 1.06. The van der Waals surface area contributed by atoms with E-state index >= 15 is 0 Å². The van der Waals surface area contributed by atoms with Gasteiger partial charge < -0.3 is 5.32 Å². The van der Waals surface area contributed by atoms with Crippen LogP contribution in [0.2, 0.25) is 0 Å². The zero-order chi connectivity index (χ0) is 13.1. The molecule has 1 amide bonds. The fraction of sp³-hybridized carbons (Fsp3) is 0.417. The number of hydrogen-bond acceptors (Lipinski definition) is 3. The van der Waals surface area contributed by atoms with Crippen LogP contribution >= 0.6 is 0 Å². The molecule has 2 unspecified atom stereocenters. The molecule has 0 aliphatic heterocycles. The highest BCUT2D eigenvalue weighted by atomic mass is 32.2. The van der Waals surface area contributed by atoms with Crippen molar-refractivity contribution in [1.29, 1.82) is 0 Å². The molecule has 94 valence electrons. The second kappa shape index (κ2) is 5.31. The van der Waals surface area contributed by atoms with Crippen molar-refractivity contribution in [2.45, 2.75) is 25.1 Å². The Balaban J connectivity index is 2.71. The predicted octanol–water partition coefficient (Wildman–Crippen LogP) is 1.30. The molecular formula is C12H17NO3S. The van der Waals surface area contributed by atoms with Crippen LogP contribution in [0.1, 0.15) is 25.5 Å². The molecule has 0 fully saturated rings. The molecule has 0 aromatic heterocycles. The van der Waals surface area contributed by atoms with E-state index in [9.17, 15) is 13.2 Å². The summed E-state index contributed by atoms with van der Waals surface area (Å²) < 4.78 is 22.5. The first-order valence-corrected chi connectivity index (χ1v) is 7.32. The second-order valence-electron chi connectivity index (χ2n) is 4.11. The minimum atomic E-state index is -3.34. The highest BCUT2D eigenvalue weighted by molar-refractivity contribution is 7.92. The van der Waals surface area contributed by atoms with Crippen LogP contribution in [0.3, 0.4) is 0 Å². The van der Waals surface area contributed by atoms with Crippen LogP contribution in [0.5, 0.6) is 0 Å². The Morgan fingerprint density at radius 1 is 1.18 bits per heavy atom. The number of carbonyl (C=O) groups is 1. The van der Waals surface area contributed by atoms with Crippen molar-refractivity contribution >= 4 is 15.7 Å². The van der Waals surface area contributed by atoms with Crippen molar-refractivity contribution in [2.24, 2.45) is 0 Å². The molecule has 4 nitrogen and oxygen atoms in total. The van der Waals surface area contributed by atoms with E-state index in [4.69, 9.17) is 0 Å². The third-order valence-electron chi connectivity index (χ3n) is 2.67. The topological polar surface area (TPSA) is 63.2 Å². The molecule has 2 atom stereocenters. The molecule has 0 spiro atoms. The molecule has 1 rings (SSSR count). The van der Waals surface area contributed by atoms with Gasteiger partial charge in [0.25, 0.3) is 0 Å². The number of carbonyl (C=O) groups excluding carboxylic acids is 1. The summed E-state index contributed by atoms with van der Waals surface area (Å²) in [5, 5.41) is 1.66. The van der Waals surface area contributed by atoms with Crippen molar-refractivity contribution in [3.63, 3.8) is 0 Å². The Kier molecular flexibility index (Phi) is 4.28. The van der Waals surface area contributed by atoms with E-state index in [1.165, 1.54) is 6.92 Å². The summed E-state index contributed by atoms with van der Waals surface area (Å²) >= 11 is 0. The number of benzene rings is 1. The minimum absolute atomic E-state index is 0.201. The van der Waals surface area contributed by atoms with E-state index in [0.717, 1.165) is 11.8 Å². The number of amides is 1. The van der Waals surface area contributed by atoms with Gasteiger partial charge in [-0.3, -0.25) is 4.79 Å². The van der Waals surface area contributed by atoms with E-state index in [1.54, 1.807) is 0 Å². The number of rotatable bonds is 4. The van der Waals surface area contributed by atoms with E-state index in [1.807, 2.05) is 37.3 Å². The summed E-state index contributed by atoms with van der Waals surface area (Å²) in [6.45, 7) is 3.21. The van der Waals surface area contributed by atoms with Crippen molar-refractivity contribution < 1.29 is 13.2 Å². The van der Waals surface area contributed by atoms with Crippen molar-refractivity contribution in [3.8, 4) is 0 Å². The Bertz CT molecular complexity index is 482. The quantitative estimate of drug-likeness (QED) is 0.882. The zero-order valence-electron chi connectivity index (χ0n) is 10.2. The van der Waals surface area contributed by atoms with Crippen LogP contribution in [0, 0.1) is 0 Å². The van der Waals surface area contributed by atoms with Gasteiger partial charge in [0.15, 0.2) is 9.84 Å². The van der Waals surface area contributed by atoms with Gasteiger partial charge in [-0.15, -0.1) is 0 Å². The van der Waals surface area contributed by atoms with Crippen LogP contribution in [-0.2, 0) is 14.6 Å². The van der Waals surface area contributed by atoms with Gasteiger partial charge in [0.05, 0.1) is 6.04 Å². The predicted molar refractivity (Wildman–Crippen MR) is 67.3 cm³/mol. The molecule has 0 radical (unpaired) electrons. The summed E-state index contributed by atoms with van der Waals surface area (Å²) in [4.78, 5) is 11.7. The first-order chi connectivity index (χ1) is 7.82. The average Bonchev–Trinajstić information content (AvgIpc) is 2.27. The molecule has 1 aromatic rings. The molecule has 1 N–H and O–H groups in total. The van der Waals surface area contributed by atoms with Gasteiger partial charge >= 0.3 is 0 Å². The zero-order valence-corrected chi connectivity index (χ0v) is 11.0. The third kappa shape index (κ3) is 3.85. The van der Waals surface area contributed by atoms with E-state index in [2.05, 4.69) is 5.32 Å². The van der Waals surface area contributed by atoms with Gasteiger partial charge in [-0.2, -0.15) is 0 Å². The van der Waals surface area contributed by atoms with E-state index in [-0.39, 0.29) is 6.04 Å². The van der Waals surface area contributed by atoms with Crippen LogP contribution in [0.4, 0.5) is 0 Å². The lowest BCUT2D eigenvalue weighted by atomic mass is 10.1. The molecule has 1 aromatic carbocycles. The van der Waals surface area contributed by atoms with Gasteiger partial charge in [0.2, 0.25) is 5.91 Å². The second-order valence-corrected chi connectivity index (χ2v) is 6.48. The van der Waals surface area contributed by atoms with Crippen molar-refractivity contribution in [1.82, 2.24) is 5.32 Å². The fourth-order valence-electron chi connectivity index (χ4n) is 1.35. The van der Waals surface area contributed by atoms with Gasteiger partial charge in [0, 0.05) is 6.26 Å². The summed E-state index contributed by atoms with van der Waals surface area (Å²) in [6, 6.07) is 9.20. The van der Waals surface area contributed by atoms with Gasteiger partial charge in [-0.05, 0) is 19.4 Å². The highest BCUT2D eigenvalue weighted by Gasteiger charge is 2.24. The van der Waals surface area contributed by atoms with Crippen molar-refractivity contribution in [2.75, 3.05) is 6.26 Å². The molecule has 0 bridgehead atoms. The molecule has 0 saturated heterocycles. The number of sulfone groups is 1. The van der Waals surface area contributed by atoms with Crippen LogP contribution < -0.4 is 5.32 Å². The summed E-state index contributed by atoms with van der Waals surface area (Å²) in [5.74, 6) is -0.469. The highest BCUT2D eigenvalue weighted by Crippen LogP contribution is 2.12. The third-order valence-corrected chi connectivity index (χ3v) is 4.17.